The van der Waals surface area contributed by atoms with Crippen molar-refractivity contribution in [3.8, 4) is 0 Å². The Morgan fingerprint density at radius 1 is 0.800 bits per heavy atom. The van der Waals surface area contributed by atoms with Gasteiger partial charge in [0, 0.05) is 0 Å². The lowest BCUT2D eigenvalue weighted by Crippen LogP contribution is -2.69. The van der Waals surface area contributed by atoms with Gasteiger partial charge in [0.15, 0.2) is 0 Å². The lowest BCUT2D eigenvalue weighted by molar-refractivity contribution is -0.428. The van der Waals surface area contributed by atoms with Crippen LogP contribution in [0.15, 0.2) is 0 Å². The maximum absolute atomic E-state index is 13.8. The van der Waals surface area contributed by atoms with Crippen LogP contribution in [0, 0.1) is 5.92 Å². The minimum atomic E-state index is -6.98. The fraction of sp³-hybridized carbons (Fsp3) is 1.00. The maximum Gasteiger partial charge on any atom is 0.437 e. The van der Waals surface area contributed by atoms with E-state index >= 15 is 0 Å². The third-order valence-electron chi connectivity index (χ3n) is 2.81. The summed E-state index contributed by atoms with van der Waals surface area (Å²) in [6.07, 6.45) is -21.3. The van der Waals surface area contributed by atoms with E-state index in [0.29, 0.717) is 0 Å². The van der Waals surface area contributed by atoms with Crippen LogP contribution in [0.4, 0.5) is 48.3 Å². The van der Waals surface area contributed by atoms with Crippen molar-refractivity contribution in [2.75, 3.05) is 6.61 Å². The standard InChI is InChI=1S/C8H5F11O/c9-4(3(1-2-20-4)5(10,11)12)6(13,7(14,15)16)8(17,18)19/h3H,1-2H2. The van der Waals surface area contributed by atoms with Gasteiger partial charge in [-0.05, 0) is 6.42 Å². The Hall–Kier alpha value is -0.810. The molecule has 0 aromatic carbocycles. The van der Waals surface area contributed by atoms with Gasteiger partial charge in [0.2, 0.25) is 0 Å². The summed E-state index contributed by atoms with van der Waals surface area (Å²) in [7, 11) is 0. The molecule has 0 saturated carbocycles. The predicted octanol–water partition coefficient (Wildman–Crippen LogP) is 4.08. The predicted molar refractivity (Wildman–Crippen MR) is 39.9 cm³/mol. The van der Waals surface area contributed by atoms with Gasteiger partial charge in [-0.1, -0.05) is 0 Å². The molecule has 0 aliphatic carbocycles. The molecule has 0 spiro atoms. The highest BCUT2D eigenvalue weighted by molar-refractivity contribution is 5.11. The number of hydrogen-bond donors (Lipinski definition) is 0. The van der Waals surface area contributed by atoms with E-state index < -0.39 is 49.0 Å². The first-order valence-electron chi connectivity index (χ1n) is 4.81. The largest absolute Gasteiger partial charge is 0.437 e. The van der Waals surface area contributed by atoms with Crippen LogP contribution in [-0.4, -0.2) is 36.7 Å². The molecule has 0 radical (unpaired) electrons. The van der Waals surface area contributed by atoms with E-state index in [-0.39, 0.29) is 0 Å². The zero-order chi connectivity index (χ0) is 16.2. The van der Waals surface area contributed by atoms with Crippen LogP contribution in [0.3, 0.4) is 0 Å². The molecule has 1 heterocycles. The summed E-state index contributed by atoms with van der Waals surface area (Å²) in [6.45, 7) is -1.43. The highest BCUT2D eigenvalue weighted by Crippen LogP contribution is 2.61. The molecule has 2 atom stereocenters. The van der Waals surface area contributed by atoms with Crippen molar-refractivity contribution in [1.82, 2.24) is 0 Å². The van der Waals surface area contributed by atoms with Gasteiger partial charge in [0.25, 0.3) is 5.85 Å². The number of ether oxygens (including phenoxy) is 1. The minimum absolute atomic E-state index is 1.43. The highest BCUT2D eigenvalue weighted by Gasteiger charge is 2.88. The lowest BCUT2D eigenvalue weighted by Gasteiger charge is -2.41. The molecular weight excluding hydrogens is 321 g/mol. The molecule has 1 rings (SSSR count). The van der Waals surface area contributed by atoms with Gasteiger partial charge in [-0.2, -0.15) is 39.5 Å². The lowest BCUT2D eigenvalue weighted by atomic mass is 9.84. The molecule has 1 saturated heterocycles. The summed E-state index contributed by atoms with van der Waals surface area (Å²) in [4.78, 5) is 0. The van der Waals surface area contributed by atoms with Crippen molar-refractivity contribution in [1.29, 1.82) is 0 Å². The SMILES string of the molecule is FC(F)(F)C1CCOC1(F)C(F)(C(F)(F)F)C(F)(F)F. The zero-order valence-electron chi connectivity index (χ0n) is 9.06. The second kappa shape index (κ2) is 4.34. The second-order valence-electron chi connectivity index (χ2n) is 4.03. The van der Waals surface area contributed by atoms with E-state index in [1.165, 1.54) is 0 Å². The topological polar surface area (TPSA) is 9.23 Å². The highest BCUT2D eigenvalue weighted by atomic mass is 19.4. The fourth-order valence-corrected chi connectivity index (χ4v) is 1.87. The zero-order valence-corrected chi connectivity index (χ0v) is 9.06. The van der Waals surface area contributed by atoms with Gasteiger partial charge >= 0.3 is 24.2 Å². The molecule has 120 valence electrons. The van der Waals surface area contributed by atoms with Crippen LogP contribution >= 0.6 is 0 Å². The molecular formula is C8H5F11O. The molecule has 0 bridgehead atoms. The van der Waals surface area contributed by atoms with Gasteiger partial charge in [0.05, 0.1) is 6.61 Å². The van der Waals surface area contributed by atoms with E-state index in [2.05, 4.69) is 4.74 Å². The summed E-state index contributed by atoms with van der Waals surface area (Å²) in [6, 6.07) is 0. The molecule has 0 amide bonds. The normalized spacial score (nSPS) is 29.9. The summed E-state index contributed by atoms with van der Waals surface area (Å²) in [5, 5.41) is 0. The first-order chi connectivity index (χ1) is 8.59. The number of halogens is 11. The average Bonchev–Trinajstić information content (AvgIpc) is 2.56. The number of hydrogen-bond acceptors (Lipinski definition) is 1. The van der Waals surface area contributed by atoms with Crippen LogP contribution in [0.25, 0.3) is 0 Å². The third-order valence-corrected chi connectivity index (χ3v) is 2.81. The van der Waals surface area contributed by atoms with Crippen molar-refractivity contribution >= 4 is 0 Å². The molecule has 0 aromatic rings. The average molecular weight is 326 g/mol. The van der Waals surface area contributed by atoms with Crippen molar-refractivity contribution in [2.24, 2.45) is 5.92 Å². The van der Waals surface area contributed by atoms with E-state index in [4.69, 9.17) is 0 Å². The minimum Gasteiger partial charge on any atom is -0.342 e. The van der Waals surface area contributed by atoms with Crippen LogP contribution < -0.4 is 0 Å². The Balaban J connectivity index is 3.49. The Morgan fingerprint density at radius 3 is 1.50 bits per heavy atom. The first kappa shape index (κ1) is 17.2. The van der Waals surface area contributed by atoms with Gasteiger partial charge in [0.1, 0.15) is 5.92 Å². The molecule has 1 nitrogen and oxygen atoms in total. The van der Waals surface area contributed by atoms with Crippen LogP contribution in [0.2, 0.25) is 0 Å². The Bertz CT molecular complexity index is 352. The molecule has 1 aliphatic rings. The van der Waals surface area contributed by atoms with Gasteiger partial charge in [-0.25, -0.2) is 8.78 Å². The Labute approximate surface area is 103 Å². The number of rotatable bonds is 1. The van der Waals surface area contributed by atoms with Crippen LogP contribution in [-0.2, 0) is 4.74 Å². The maximum atomic E-state index is 13.8. The van der Waals surface area contributed by atoms with Gasteiger partial charge in [-0.3, -0.25) is 0 Å². The Morgan fingerprint density at radius 2 is 1.20 bits per heavy atom. The van der Waals surface area contributed by atoms with Crippen LogP contribution in [0.1, 0.15) is 6.42 Å². The second-order valence-corrected chi connectivity index (χ2v) is 4.03. The Kier molecular flexibility index (Phi) is 3.74. The van der Waals surface area contributed by atoms with Crippen molar-refractivity contribution < 1.29 is 53.0 Å². The van der Waals surface area contributed by atoms with E-state index in [9.17, 15) is 48.3 Å². The monoisotopic (exact) mass is 326 g/mol. The molecule has 0 N–H and O–H groups in total. The third kappa shape index (κ3) is 2.21. The molecule has 2 unspecified atom stereocenters. The van der Waals surface area contributed by atoms with E-state index in [1.807, 2.05) is 0 Å². The van der Waals surface area contributed by atoms with Gasteiger partial charge in [-0.15, -0.1) is 0 Å². The smallest absolute Gasteiger partial charge is 0.342 e. The molecule has 12 heteroatoms. The quantitative estimate of drug-likeness (QED) is 0.660. The summed E-state index contributed by atoms with van der Waals surface area (Å²) < 4.78 is 141. The van der Waals surface area contributed by atoms with Crippen LogP contribution in [0.5, 0.6) is 0 Å². The van der Waals surface area contributed by atoms with Gasteiger partial charge < -0.3 is 4.74 Å². The number of alkyl halides is 11. The van der Waals surface area contributed by atoms with Crippen molar-refractivity contribution in [3.63, 3.8) is 0 Å². The molecule has 20 heavy (non-hydrogen) atoms. The molecule has 1 fully saturated rings. The molecule has 0 aromatic heterocycles. The summed E-state index contributed by atoms with van der Waals surface area (Å²) in [5.41, 5.74) is -6.79. The summed E-state index contributed by atoms with van der Waals surface area (Å²) in [5.74, 6) is -9.51. The van der Waals surface area contributed by atoms with E-state index in [1.54, 1.807) is 0 Å². The van der Waals surface area contributed by atoms with E-state index in [0.717, 1.165) is 0 Å². The first-order valence-corrected chi connectivity index (χ1v) is 4.81. The van der Waals surface area contributed by atoms with Crippen molar-refractivity contribution in [2.45, 2.75) is 36.5 Å². The van der Waals surface area contributed by atoms with Crippen molar-refractivity contribution in [3.05, 3.63) is 0 Å². The molecule has 1 aliphatic heterocycles. The fourth-order valence-electron chi connectivity index (χ4n) is 1.87. The summed E-state index contributed by atoms with van der Waals surface area (Å²) >= 11 is 0.